The number of carbonyl (C=O) groups is 7. The first-order valence-corrected chi connectivity index (χ1v) is 28.5. The van der Waals surface area contributed by atoms with Crippen LogP contribution in [0.4, 0.5) is 15.7 Å². The van der Waals surface area contributed by atoms with E-state index in [0.717, 1.165) is 34.0 Å². The maximum atomic E-state index is 14.1. The van der Waals surface area contributed by atoms with E-state index in [9.17, 15) is 38.7 Å². The van der Waals surface area contributed by atoms with Crippen LogP contribution >= 0.6 is 68.0 Å². The lowest BCUT2D eigenvalue weighted by Crippen LogP contribution is -2.40. The molecular formula is C48H44N14O10S6. The summed E-state index contributed by atoms with van der Waals surface area (Å²) < 4.78 is 5.33. The van der Waals surface area contributed by atoms with Crippen molar-refractivity contribution in [1.82, 2.24) is 61.5 Å². The van der Waals surface area contributed by atoms with E-state index in [1.165, 1.54) is 48.2 Å². The lowest BCUT2D eigenvalue weighted by molar-refractivity contribution is -0.137. The molecule has 1 aromatic carbocycles. The smallest absolute Gasteiger partial charge is 0.320 e. The Hall–Kier alpha value is -7.84. The molecule has 0 radical (unpaired) electrons. The number of nitrogens with one attached hydrogen (secondary N) is 7. The van der Waals surface area contributed by atoms with Gasteiger partial charge in [-0.15, -0.1) is 56.7 Å². The van der Waals surface area contributed by atoms with Gasteiger partial charge in [-0.25, -0.2) is 39.7 Å². The Morgan fingerprint density at radius 2 is 1.50 bits per heavy atom. The van der Waals surface area contributed by atoms with Crippen LogP contribution in [0.15, 0.2) is 64.0 Å². The van der Waals surface area contributed by atoms with Gasteiger partial charge < -0.3 is 41.5 Å². The number of urea groups is 1. The van der Waals surface area contributed by atoms with Gasteiger partial charge in [-0.05, 0) is 31.0 Å². The number of ether oxygens (including phenoxy) is 1. The molecule has 0 aliphatic carbocycles. The van der Waals surface area contributed by atoms with Crippen molar-refractivity contribution in [2.24, 2.45) is 0 Å². The quantitative estimate of drug-likeness (QED) is 0.0596. The minimum Gasteiger partial charge on any atom is -0.481 e. The summed E-state index contributed by atoms with van der Waals surface area (Å²) >= 11 is 6.85. The zero-order chi connectivity index (χ0) is 55.0. The highest BCUT2D eigenvalue weighted by molar-refractivity contribution is 7.16. The Kier molecular flexibility index (Phi) is 17.4. The third-order valence-corrected chi connectivity index (χ3v) is 16.9. The van der Waals surface area contributed by atoms with Gasteiger partial charge in [0.25, 0.3) is 17.7 Å². The minimum atomic E-state index is -1.28. The van der Waals surface area contributed by atoms with Gasteiger partial charge in [0.2, 0.25) is 11.8 Å². The first-order chi connectivity index (χ1) is 37.6. The molecule has 0 saturated carbocycles. The molecular weight excluding hydrogens is 1130 g/mol. The van der Waals surface area contributed by atoms with Gasteiger partial charge in [-0.3, -0.25) is 39.4 Å². The van der Waals surface area contributed by atoms with Gasteiger partial charge in [0.15, 0.2) is 5.13 Å². The van der Waals surface area contributed by atoms with Crippen LogP contribution in [0, 0.1) is 6.92 Å². The molecule has 9 N–H and O–H groups in total. The number of aliphatic hydroxyl groups excluding tert-OH is 1. The summed E-state index contributed by atoms with van der Waals surface area (Å²) in [7, 11) is 2.87. The number of hydrogen-bond acceptors (Lipinski definition) is 22. The van der Waals surface area contributed by atoms with Crippen LogP contribution in [-0.4, -0.2) is 114 Å². The van der Waals surface area contributed by atoms with E-state index in [-0.39, 0.29) is 65.5 Å². The number of aryl methyl sites for hydroxylation is 1. The Morgan fingerprint density at radius 1 is 0.756 bits per heavy atom. The van der Waals surface area contributed by atoms with Crippen LogP contribution in [0.2, 0.25) is 0 Å². The van der Waals surface area contributed by atoms with E-state index in [2.05, 4.69) is 52.2 Å². The lowest BCUT2D eigenvalue weighted by Gasteiger charge is -2.23. The second-order valence-corrected chi connectivity index (χ2v) is 22.6. The van der Waals surface area contributed by atoms with Crippen molar-refractivity contribution in [3.8, 4) is 43.4 Å². The number of aliphatic carboxylic acids is 1. The predicted molar refractivity (Wildman–Crippen MR) is 294 cm³/mol. The fraction of sp³-hybridized carbons (Fsp3) is 0.250. The molecule has 24 nitrogen and oxygen atoms in total. The second-order valence-electron chi connectivity index (χ2n) is 16.8. The van der Waals surface area contributed by atoms with Gasteiger partial charge in [0, 0.05) is 59.1 Å². The Balaban J connectivity index is 1.10. The minimum absolute atomic E-state index is 0.00647. The highest BCUT2D eigenvalue weighted by Crippen LogP contribution is 2.40. The number of thiazole rings is 6. The lowest BCUT2D eigenvalue weighted by atomic mass is 10.0. The number of hydrogen-bond donors (Lipinski definition) is 9. The van der Waals surface area contributed by atoms with E-state index >= 15 is 0 Å². The van der Waals surface area contributed by atoms with Crippen molar-refractivity contribution in [1.29, 1.82) is 0 Å². The van der Waals surface area contributed by atoms with Crippen molar-refractivity contribution in [2.45, 2.75) is 51.0 Å². The number of carbonyl (C=O) groups excluding carboxylic acids is 6. The number of pyridine rings is 1. The number of nitrogens with zero attached hydrogens (tertiary/aromatic N) is 7. The van der Waals surface area contributed by atoms with Crippen LogP contribution in [-0.2, 0) is 25.7 Å². The van der Waals surface area contributed by atoms with Crippen LogP contribution < -0.4 is 37.2 Å². The molecule has 1 aliphatic heterocycles. The molecule has 10 bridgehead atoms. The van der Waals surface area contributed by atoms with Crippen molar-refractivity contribution in [3.63, 3.8) is 0 Å². The standard InChI is InChI=1S/C48H44N14O10S6/c1-21-34-41(70)62-48-61-36(29(78-48)16-72-3)40(69)51-15-32(64)59-37(38(67)22-8-5-4-6-9-22)46-56-28(19-75-46)44-54-26(17-74-44)35-23(42-55-27(18-73-42)39(68)53-25(14-31(63)49-2)45(60-34)77-21)11-12-24(52-35)43-57-30(20-76-43)58-47(71)50-13-7-10-33(65)66/h4-6,8-9,11-12,17-20,25,37-38,67H,7,10,13-16H2,1-3H3,(H,49,63)(H,51,69)(H,53,68)(H,59,64)(H,65,66)(H2,50,58,71)(H,61,62,70)/t25-,37-,38-/m0/s1. The SMILES string of the molecule is CNC(=O)C[C@@H]1NC(=O)c2csc(n2)-c2ccc(-c3nc(NC(=O)NCCCC(=O)O)cs3)nc2-c2csc(n2)-c2csc(n2)[C@H]([C@@H](O)c2ccccc2)NC(=O)CNC(=O)c2nc(sc2COC)NC(=O)c2nc1sc2C. The molecule has 78 heavy (non-hydrogen) atoms. The third-order valence-electron chi connectivity index (χ3n) is 11.3. The molecule has 7 amide bonds. The molecule has 402 valence electrons. The summed E-state index contributed by atoms with van der Waals surface area (Å²) in [5.74, 6) is -3.89. The van der Waals surface area contributed by atoms with E-state index in [1.54, 1.807) is 70.9 Å². The topological polar surface area (TPSA) is 344 Å². The van der Waals surface area contributed by atoms with Gasteiger partial charge in [0.1, 0.15) is 77.2 Å². The molecule has 3 atom stereocenters. The first-order valence-electron chi connectivity index (χ1n) is 23.3. The largest absolute Gasteiger partial charge is 0.481 e. The number of benzene rings is 1. The van der Waals surface area contributed by atoms with Gasteiger partial charge >= 0.3 is 12.0 Å². The van der Waals surface area contributed by atoms with Crippen LogP contribution in [0.25, 0.3) is 43.4 Å². The van der Waals surface area contributed by atoms with Crippen molar-refractivity contribution < 1.29 is 48.5 Å². The van der Waals surface area contributed by atoms with Crippen LogP contribution in [0.1, 0.15) is 94.2 Å². The molecule has 8 aromatic rings. The molecule has 30 heteroatoms. The molecule has 1 aliphatic rings. The van der Waals surface area contributed by atoms with E-state index in [1.807, 2.05) is 0 Å². The van der Waals surface area contributed by atoms with Crippen molar-refractivity contribution in [3.05, 3.63) is 106 Å². The Morgan fingerprint density at radius 3 is 2.28 bits per heavy atom. The summed E-state index contributed by atoms with van der Waals surface area (Å²) in [6.45, 7) is 1.20. The summed E-state index contributed by atoms with van der Waals surface area (Å²) in [4.78, 5) is 126. The maximum Gasteiger partial charge on any atom is 0.320 e. The summed E-state index contributed by atoms with van der Waals surface area (Å²) in [5, 5.41) is 48.1. The average Bonchev–Trinajstić information content (AvgIpc) is 4.41. The molecule has 8 heterocycles. The van der Waals surface area contributed by atoms with Gasteiger partial charge in [-0.1, -0.05) is 41.7 Å². The number of anilines is 2. The zero-order valence-electron chi connectivity index (χ0n) is 41.1. The molecule has 0 fully saturated rings. The van der Waals surface area contributed by atoms with E-state index < -0.39 is 66.3 Å². The van der Waals surface area contributed by atoms with Gasteiger partial charge in [0.05, 0.1) is 36.2 Å². The van der Waals surface area contributed by atoms with Crippen molar-refractivity contribution >= 4 is 121 Å². The molecule has 9 rings (SSSR count). The molecule has 7 aromatic heterocycles. The molecule has 0 unspecified atom stereocenters. The third kappa shape index (κ3) is 12.9. The second kappa shape index (κ2) is 24.7. The highest BCUT2D eigenvalue weighted by Gasteiger charge is 2.31. The number of methoxy groups -OCH3 is 1. The van der Waals surface area contributed by atoms with Crippen LogP contribution in [0.5, 0.6) is 0 Å². The van der Waals surface area contributed by atoms with Crippen molar-refractivity contribution in [2.75, 3.05) is 37.9 Å². The first kappa shape index (κ1) is 54.9. The van der Waals surface area contributed by atoms with E-state index in [4.69, 9.17) is 29.8 Å². The highest BCUT2D eigenvalue weighted by atomic mass is 32.1. The normalized spacial score (nSPS) is 15.3. The summed E-state index contributed by atoms with van der Waals surface area (Å²) in [6, 6.07) is 9.49. The number of aliphatic hydroxyl groups is 1. The number of carboxylic acids is 1. The van der Waals surface area contributed by atoms with Gasteiger partial charge in [-0.2, -0.15) is 0 Å². The monoisotopic (exact) mass is 1170 g/mol. The summed E-state index contributed by atoms with van der Waals surface area (Å²) in [5.41, 5.74) is 2.41. The molecule has 0 saturated heterocycles. The number of amides is 7. The number of rotatable bonds is 12. The fourth-order valence-electron chi connectivity index (χ4n) is 7.58. The number of fused-ring (bicyclic) bond motifs is 14. The number of carboxylic acid groups (broad SMARTS) is 1. The Labute approximate surface area is 466 Å². The van der Waals surface area contributed by atoms with Crippen LogP contribution in [0.3, 0.4) is 0 Å². The predicted octanol–water partition coefficient (Wildman–Crippen LogP) is 6.42. The maximum absolute atomic E-state index is 14.1. The average molecular weight is 1170 g/mol. The molecule has 0 spiro atoms. The fourth-order valence-corrected chi connectivity index (χ4v) is 12.7. The van der Waals surface area contributed by atoms with E-state index in [0.29, 0.717) is 63.7 Å². The Bertz CT molecular complexity index is 3550. The zero-order valence-corrected chi connectivity index (χ0v) is 46.0. The summed E-state index contributed by atoms with van der Waals surface area (Å²) in [6.07, 6.45) is -1.38. The number of aromatic nitrogens is 7.